The van der Waals surface area contributed by atoms with Gasteiger partial charge in [-0.2, -0.15) is 0 Å². The number of rotatable bonds is 5. The normalized spacial score (nSPS) is 10.4. The zero-order valence-corrected chi connectivity index (χ0v) is 11.6. The highest BCUT2D eigenvalue weighted by molar-refractivity contribution is 5.72. The quantitative estimate of drug-likeness (QED) is 0.672. The van der Waals surface area contributed by atoms with Gasteiger partial charge in [-0.1, -0.05) is 6.92 Å². The van der Waals surface area contributed by atoms with E-state index in [1.807, 2.05) is 6.92 Å². The largest absolute Gasteiger partial charge is 0.354 e. The molecule has 0 aliphatic carbocycles. The molecule has 0 aliphatic rings. The Bertz CT molecular complexity index is 678. The van der Waals surface area contributed by atoms with E-state index in [0.717, 1.165) is 12.6 Å². The Morgan fingerprint density at radius 2 is 2.19 bits per heavy atom. The summed E-state index contributed by atoms with van der Waals surface area (Å²) in [6.45, 7) is 4.09. The summed E-state index contributed by atoms with van der Waals surface area (Å²) in [5, 5.41) is 14.2. The number of aryl methyl sites for hydroxylation is 1. The average molecular weight is 291 g/mol. The summed E-state index contributed by atoms with van der Waals surface area (Å²) in [7, 11) is 0. The highest BCUT2D eigenvalue weighted by Crippen LogP contribution is 2.32. The molecule has 0 aliphatic heterocycles. The van der Waals surface area contributed by atoms with Crippen LogP contribution in [0.2, 0.25) is 0 Å². The van der Waals surface area contributed by atoms with Crippen molar-refractivity contribution in [3.63, 3.8) is 0 Å². The van der Waals surface area contributed by atoms with Gasteiger partial charge < -0.3 is 5.32 Å². The first kappa shape index (κ1) is 14.8. The maximum absolute atomic E-state index is 13.9. The van der Waals surface area contributed by atoms with E-state index in [1.54, 1.807) is 0 Å². The molecule has 0 radical (unpaired) electrons. The zero-order valence-electron chi connectivity index (χ0n) is 11.6. The minimum atomic E-state index is -0.667. The standard InChI is InChI=1S/C13H14FN5O2/c1-3-5-16-13-17-8(2)12(19(20)21)11(18-13)9-4-6-15-7-10(9)14/h4,6-7H,3,5H2,1-2H3,(H,16,17,18). The van der Waals surface area contributed by atoms with Crippen LogP contribution in [0.4, 0.5) is 16.0 Å². The third-order valence-electron chi connectivity index (χ3n) is 2.80. The van der Waals surface area contributed by atoms with Crippen LogP contribution in [0.5, 0.6) is 0 Å². The molecule has 0 unspecified atom stereocenters. The molecule has 0 saturated carbocycles. The van der Waals surface area contributed by atoms with Crippen molar-refractivity contribution in [2.24, 2.45) is 0 Å². The molecule has 1 N–H and O–H groups in total. The molecule has 0 spiro atoms. The first-order valence-electron chi connectivity index (χ1n) is 6.41. The van der Waals surface area contributed by atoms with Crippen molar-refractivity contribution in [2.75, 3.05) is 11.9 Å². The Morgan fingerprint density at radius 1 is 1.43 bits per heavy atom. The molecule has 2 aromatic heterocycles. The Morgan fingerprint density at radius 3 is 2.81 bits per heavy atom. The third-order valence-corrected chi connectivity index (χ3v) is 2.80. The van der Waals surface area contributed by atoms with Crippen molar-refractivity contribution >= 4 is 11.6 Å². The summed E-state index contributed by atoms with van der Waals surface area (Å²) < 4.78 is 13.9. The number of hydrogen-bond donors (Lipinski definition) is 1. The molecule has 0 aromatic carbocycles. The second kappa shape index (κ2) is 6.21. The third kappa shape index (κ3) is 3.10. The lowest BCUT2D eigenvalue weighted by Gasteiger charge is -2.09. The van der Waals surface area contributed by atoms with Gasteiger partial charge in [-0.25, -0.2) is 14.4 Å². The number of pyridine rings is 1. The predicted octanol–water partition coefficient (Wildman–Crippen LogP) is 2.72. The Kier molecular flexibility index (Phi) is 4.36. The number of nitrogens with zero attached hydrogens (tertiary/aromatic N) is 4. The first-order valence-corrected chi connectivity index (χ1v) is 6.41. The highest BCUT2D eigenvalue weighted by Gasteiger charge is 2.25. The van der Waals surface area contributed by atoms with Crippen LogP contribution in [0.25, 0.3) is 11.3 Å². The van der Waals surface area contributed by atoms with Gasteiger partial charge in [0.1, 0.15) is 5.69 Å². The molecule has 2 rings (SSSR count). The minimum Gasteiger partial charge on any atom is -0.354 e. The molecule has 0 saturated heterocycles. The van der Waals surface area contributed by atoms with E-state index in [4.69, 9.17) is 0 Å². The van der Waals surface area contributed by atoms with Crippen LogP contribution in [0, 0.1) is 22.9 Å². The number of halogens is 1. The molecular weight excluding hydrogens is 277 g/mol. The average Bonchev–Trinajstić information content (AvgIpc) is 2.44. The Balaban J connectivity index is 2.63. The molecule has 0 atom stereocenters. The molecule has 0 bridgehead atoms. The lowest BCUT2D eigenvalue weighted by atomic mass is 10.1. The van der Waals surface area contributed by atoms with Gasteiger partial charge in [0.15, 0.2) is 11.5 Å². The van der Waals surface area contributed by atoms with E-state index in [2.05, 4.69) is 20.3 Å². The number of anilines is 1. The van der Waals surface area contributed by atoms with Crippen molar-refractivity contribution in [1.82, 2.24) is 15.0 Å². The fourth-order valence-electron chi connectivity index (χ4n) is 1.86. The summed E-state index contributed by atoms with van der Waals surface area (Å²) in [4.78, 5) is 22.4. The monoisotopic (exact) mass is 291 g/mol. The fraction of sp³-hybridized carbons (Fsp3) is 0.308. The van der Waals surface area contributed by atoms with Crippen molar-refractivity contribution in [1.29, 1.82) is 0 Å². The summed E-state index contributed by atoms with van der Waals surface area (Å²) >= 11 is 0. The lowest BCUT2D eigenvalue weighted by Crippen LogP contribution is -2.09. The summed E-state index contributed by atoms with van der Waals surface area (Å²) in [6.07, 6.45) is 3.20. The number of nitrogens with one attached hydrogen (secondary N) is 1. The van der Waals surface area contributed by atoms with Crippen LogP contribution in [0.1, 0.15) is 19.0 Å². The van der Waals surface area contributed by atoms with Gasteiger partial charge in [0.25, 0.3) is 0 Å². The molecule has 0 fully saturated rings. The van der Waals surface area contributed by atoms with E-state index in [9.17, 15) is 14.5 Å². The van der Waals surface area contributed by atoms with Crippen molar-refractivity contribution in [3.8, 4) is 11.3 Å². The highest BCUT2D eigenvalue weighted by atomic mass is 19.1. The van der Waals surface area contributed by atoms with Crippen LogP contribution in [-0.2, 0) is 0 Å². The fourth-order valence-corrected chi connectivity index (χ4v) is 1.86. The van der Waals surface area contributed by atoms with Crippen LogP contribution < -0.4 is 5.32 Å². The summed E-state index contributed by atoms with van der Waals surface area (Å²) in [5.41, 5.74) is -0.144. The van der Waals surface area contributed by atoms with Crippen molar-refractivity contribution < 1.29 is 9.31 Å². The summed E-state index contributed by atoms with van der Waals surface area (Å²) in [5.74, 6) is -0.425. The van der Waals surface area contributed by atoms with E-state index < -0.39 is 10.7 Å². The van der Waals surface area contributed by atoms with Gasteiger partial charge in [0.2, 0.25) is 5.95 Å². The molecule has 2 aromatic rings. The van der Waals surface area contributed by atoms with Crippen LogP contribution in [0.15, 0.2) is 18.5 Å². The van der Waals surface area contributed by atoms with Gasteiger partial charge in [-0.15, -0.1) is 0 Å². The van der Waals surface area contributed by atoms with Gasteiger partial charge >= 0.3 is 5.69 Å². The SMILES string of the molecule is CCCNc1nc(C)c([N+](=O)[O-])c(-c2ccncc2F)n1. The van der Waals surface area contributed by atoms with E-state index in [1.165, 1.54) is 19.2 Å². The van der Waals surface area contributed by atoms with Crippen molar-refractivity contribution in [2.45, 2.75) is 20.3 Å². The molecular formula is C13H14FN5O2. The maximum atomic E-state index is 13.9. The first-order chi connectivity index (χ1) is 10.0. The lowest BCUT2D eigenvalue weighted by molar-refractivity contribution is -0.385. The van der Waals surface area contributed by atoms with Crippen molar-refractivity contribution in [3.05, 3.63) is 40.1 Å². The Hall–Kier alpha value is -2.64. The minimum absolute atomic E-state index is 0.0294. The summed E-state index contributed by atoms with van der Waals surface area (Å²) in [6, 6.07) is 1.35. The predicted molar refractivity (Wildman–Crippen MR) is 75.4 cm³/mol. The smallest absolute Gasteiger partial charge is 0.316 e. The second-order valence-electron chi connectivity index (χ2n) is 4.37. The molecule has 7 nitrogen and oxygen atoms in total. The zero-order chi connectivity index (χ0) is 15.4. The molecule has 110 valence electrons. The number of nitro groups is 1. The topological polar surface area (TPSA) is 93.8 Å². The molecule has 2 heterocycles. The maximum Gasteiger partial charge on any atom is 0.316 e. The molecule has 8 heteroatoms. The van der Waals surface area contributed by atoms with E-state index >= 15 is 0 Å². The number of aromatic nitrogens is 3. The van der Waals surface area contributed by atoms with Gasteiger partial charge in [-0.05, 0) is 19.4 Å². The molecule has 0 amide bonds. The Labute approximate surface area is 120 Å². The van der Waals surface area contributed by atoms with Crippen LogP contribution in [-0.4, -0.2) is 26.4 Å². The van der Waals surface area contributed by atoms with E-state index in [0.29, 0.717) is 6.54 Å². The van der Waals surface area contributed by atoms with Gasteiger partial charge in [-0.3, -0.25) is 15.1 Å². The second-order valence-corrected chi connectivity index (χ2v) is 4.37. The number of hydrogen-bond acceptors (Lipinski definition) is 6. The van der Waals surface area contributed by atoms with E-state index in [-0.39, 0.29) is 28.6 Å². The van der Waals surface area contributed by atoms with Crippen LogP contribution >= 0.6 is 0 Å². The van der Waals surface area contributed by atoms with Gasteiger partial charge in [0.05, 0.1) is 11.1 Å². The van der Waals surface area contributed by atoms with Crippen LogP contribution in [0.3, 0.4) is 0 Å². The molecule has 21 heavy (non-hydrogen) atoms. The van der Waals surface area contributed by atoms with Gasteiger partial charge in [0, 0.05) is 18.3 Å².